The summed E-state index contributed by atoms with van der Waals surface area (Å²) in [4.78, 5) is 33.6. The topological polar surface area (TPSA) is 73.2 Å². The van der Waals surface area contributed by atoms with Crippen LogP contribution in [0.3, 0.4) is 0 Å². The van der Waals surface area contributed by atoms with E-state index in [-0.39, 0.29) is 28.9 Å². The van der Waals surface area contributed by atoms with E-state index in [4.69, 9.17) is 9.72 Å². The van der Waals surface area contributed by atoms with Gasteiger partial charge in [0.25, 0.3) is 5.56 Å². The largest absolute Gasteiger partial charge is 0.376 e. The molecule has 0 spiro atoms. The van der Waals surface area contributed by atoms with Gasteiger partial charge in [-0.15, -0.1) is 11.3 Å². The average Bonchev–Trinajstić information content (AvgIpc) is 3.54. The van der Waals surface area contributed by atoms with Crippen LogP contribution in [0.5, 0.6) is 0 Å². The van der Waals surface area contributed by atoms with Gasteiger partial charge in [-0.3, -0.25) is 14.2 Å². The summed E-state index contributed by atoms with van der Waals surface area (Å²) in [6.07, 6.45) is 5.07. The lowest BCUT2D eigenvalue weighted by molar-refractivity contribution is -0.120. The van der Waals surface area contributed by atoms with Crippen LogP contribution in [-0.2, 0) is 28.9 Å². The highest BCUT2D eigenvalue weighted by atomic mass is 32.2. The quantitative estimate of drug-likeness (QED) is 0.396. The molecular weight excluding hydrogens is 454 g/mol. The second-order valence-corrected chi connectivity index (χ2v) is 11.3. The van der Waals surface area contributed by atoms with Gasteiger partial charge < -0.3 is 10.1 Å². The second-order valence-electron chi connectivity index (χ2n) is 8.88. The van der Waals surface area contributed by atoms with Gasteiger partial charge in [-0.25, -0.2) is 4.98 Å². The molecule has 3 aromatic rings. The molecule has 1 aromatic carbocycles. The Morgan fingerprint density at radius 1 is 1.27 bits per heavy atom. The first kappa shape index (κ1) is 22.6. The summed E-state index contributed by atoms with van der Waals surface area (Å²) in [6.45, 7) is 5.08. The van der Waals surface area contributed by atoms with Crippen molar-refractivity contribution in [2.45, 2.75) is 75.0 Å². The summed E-state index contributed by atoms with van der Waals surface area (Å²) in [7, 11) is 0. The van der Waals surface area contributed by atoms with Gasteiger partial charge in [0.1, 0.15) is 4.83 Å². The molecule has 174 valence electrons. The first-order valence-electron chi connectivity index (χ1n) is 11.7. The zero-order valence-corrected chi connectivity index (χ0v) is 20.6. The van der Waals surface area contributed by atoms with Crippen molar-refractivity contribution in [1.29, 1.82) is 0 Å². The molecule has 6 nitrogen and oxygen atoms in total. The standard InChI is InChI=1S/C25H29N3O3S2/c1-15(17-8-4-3-5-9-17)26-22(29)16(2)32-25-27-23-21(19-11-6-12-20(19)33-23)24(30)28(25)14-18-10-7-13-31-18/h3-5,8-9,15-16,18H,6-7,10-14H2,1-2H3,(H,26,29)/t15-,16+,18+/m1/s1. The first-order valence-corrected chi connectivity index (χ1v) is 13.4. The lowest BCUT2D eigenvalue weighted by Gasteiger charge is -2.20. The van der Waals surface area contributed by atoms with E-state index in [1.165, 1.54) is 22.2 Å². The summed E-state index contributed by atoms with van der Waals surface area (Å²) < 4.78 is 7.60. The molecule has 3 atom stereocenters. The van der Waals surface area contributed by atoms with Crippen LogP contribution in [0.4, 0.5) is 0 Å². The SMILES string of the molecule is C[C@H](Sc1nc2sc3c(c2c(=O)n1C[C@@H]1CCCO1)CCC3)C(=O)N[C@H](C)c1ccccc1. The van der Waals surface area contributed by atoms with Crippen LogP contribution in [0.25, 0.3) is 10.2 Å². The van der Waals surface area contributed by atoms with E-state index in [0.717, 1.165) is 54.5 Å². The molecule has 5 rings (SSSR count). The summed E-state index contributed by atoms with van der Waals surface area (Å²) >= 11 is 3.00. The third-order valence-electron chi connectivity index (χ3n) is 6.51. The summed E-state index contributed by atoms with van der Waals surface area (Å²) in [5.74, 6) is -0.0666. The number of ether oxygens (including phenoxy) is 1. The van der Waals surface area contributed by atoms with Crippen LogP contribution in [0.1, 0.15) is 55.2 Å². The van der Waals surface area contributed by atoms with Gasteiger partial charge >= 0.3 is 0 Å². The number of fused-ring (bicyclic) bond motifs is 3. The minimum atomic E-state index is -0.386. The van der Waals surface area contributed by atoms with Gasteiger partial charge in [-0.1, -0.05) is 42.1 Å². The fraction of sp³-hybridized carbons (Fsp3) is 0.480. The Morgan fingerprint density at radius 2 is 2.09 bits per heavy atom. The van der Waals surface area contributed by atoms with Crippen molar-refractivity contribution in [3.63, 3.8) is 0 Å². The lowest BCUT2D eigenvalue weighted by atomic mass is 10.1. The van der Waals surface area contributed by atoms with Crippen LogP contribution in [-0.4, -0.2) is 33.4 Å². The monoisotopic (exact) mass is 483 g/mol. The Labute approximate surface area is 201 Å². The number of carbonyl (C=O) groups is 1. The Kier molecular flexibility index (Phi) is 6.58. The van der Waals surface area contributed by atoms with E-state index in [2.05, 4.69) is 5.32 Å². The maximum Gasteiger partial charge on any atom is 0.263 e. The van der Waals surface area contributed by atoms with E-state index in [0.29, 0.717) is 11.7 Å². The zero-order valence-electron chi connectivity index (χ0n) is 19.0. The molecule has 1 fully saturated rings. The molecule has 1 aliphatic carbocycles. The van der Waals surface area contributed by atoms with Gasteiger partial charge in [-0.2, -0.15) is 0 Å². The molecular formula is C25H29N3O3S2. The van der Waals surface area contributed by atoms with Crippen molar-refractivity contribution in [1.82, 2.24) is 14.9 Å². The lowest BCUT2D eigenvalue weighted by Crippen LogP contribution is -2.34. The number of carbonyl (C=O) groups excluding carboxylic acids is 1. The van der Waals surface area contributed by atoms with Gasteiger partial charge in [0.15, 0.2) is 5.16 Å². The maximum absolute atomic E-state index is 13.6. The summed E-state index contributed by atoms with van der Waals surface area (Å²) in [5, 5.41) is 4.10. The van der Waals surface area contributed by atoms with Gasteiger partial charge in [0.05, 0.1) is 29.3 Å². The highest BCUT2D eigenvalue weighted by molar-refractivity contribution is 8.00. The van der Waals surface area contributed by atoms with Crippen molar-refractivity contribution >= 4 is 39.2 Å². The molecule has 0 bridgehead atoms. The van der Waals surface area contributed by atoms with Crippen LogP contribution in [0.2, 0.25) is 0 Å². The number of thioether (sulfide) groups is 1. The number of nitrogens with zero attached hydrogens (tertiary/aromatic N) is 2. The third kappa shape index (κ3) is 4.61. The van der Waals surface area contributed by atoms with Crippen molar-refractivity contribution in [2.24, 2.45) is 0 Å². The molecule has 1 aliphatic heterocycles. The number of amides is 1. The van der Waals surface area contributed by atoms with Crippen LogP contribution in [0.15, 0.2) is 40.3 Å². The minimum Gasteiger partial charge on any atom is -0.376 e. The highest BCUT2D eigenvalue weighted by Crippen LogP contribution is 2.36. The predicted octanol–water partition coefficient (Wildman–Crippen LogP) is 4.48. The van der Waals surface area contributed by atoms with Crippen LogP contribution in [0, 0.1) is 0 Å². The third-order valence-corrected chi connectivity index (χ3v) is 8.79. The van der Waals surface area contributed by atoms with Crippen molar-refractivity contribution in [2.75, 3.05) is 6.61 Å². The maximum atomic E-state index is 13.6. The Morgan fingerprint density at radius 3 is 2.85 bits per heavy atom. The molecule has 1 N–H and O–H groups in total. The van der Waals surface area contributed by atoms with Gasteiger partial charge in [0, 0.05) is 11.5 Å². The Balaban J connectivity index is 1.42. The zero-order chi connectivity index (χ0) is 22.9. The number of hydrogen-bond donors (Lipinski definition) is 1. The Bertz CT molecular complexity index is 1220. The molecule has 8 heteroatoms. The molecule has 1 amide bonds. The molecule has 0 radical (unpaired) electrons. The number of hydrogen-bond acceptors (Lipinski definition) is 6. The summed E-state index contributed by atoms with van der Waals surface area (Å²) in [5.41, 5.74) is 2.27. The number of aryl methyl sites for hydroxylation is 2. The van der Waals surface area contributed by atoms with Crippen LogP contribution < -0.4 is 10.9 Å². The number of aromatic nitrogens is 2. The molecule has 0 saturated carbocycles. The molecule has 2 aliphatic rings. The summed E-state index contributed by atoms with van der Waals surface area (Å²) in [6, 6.07) is 9.83. The molecule has 3 heterocycles. The fourth-order valence-corrected chi connectivity index (χ4v) is 6.90. The molecule has 2 aromatic heterocycles. The van der Waals surface area contributed by atoms with E-state index in [1.54, 1.807) is 15.9 Å². The smallest absolute Gasteiger partial charge is 0.263 e. The van der Waals surface area contributed by atoms with E-state index < -0.39 is 0 Å². The normalized spacial score (nSPS) is 19.5. The van der Waals surface area contributed by atoms with Crippen molar-refractivity contribution in [3.8, 4) is 0 Å². The average molecular weight is 484 g/mol. The Hall–Kier alpha value is -2.16. The number of nitrogens with one attached hydrogen (secondary N) is 1. The van der Waals surface area contributed by atoms with Crippen molar-refractivity contribution < 1.29 is 9.53 Å². The van der Waals surface area contributed by atoms with Gasteiger partial charge in [0.2, 0.25) is 5.91 Å². The molecule has 0 unspecified atom stereocenters. The van der Waals surface area contributed by atoms with E-state index >= 15 is 0 Å². The van der Waals surface area contributed by atoms with E-state index in [1.807, 2.05) is 44.2 Å². The first-order chi connectivity index (χ1) is 16.0. The van der Waals surface area contributed by atoms with Gasteiger partial charge in [-0.05, 0) is 57.1 Å². The second kappa shape index (κ2) is 9.60. The molecule has 1 saturated heterocycles. The van der Waals surface area contributed by atoms with Crippen molar-refractivity contribution in [3.05, 3.63) is 56.7 Å². The van der Waals surface area contributed by atoms with E-state index in [9.17, 15) is 9.59 Å². The number of rotatable bonds is 7. The number of thiophene rings is 1. The highest BCUT2D eigenvalue weighted by Gasteiger charge is 2.27. The fourth-order valence-electron chi connectivity index (χ4n) is 4.67. The number of benzene rings is 1. The van der Waals surface area contributed by atoms with Crippen LogP contribution >= 0.6 is 23.1 Å². The minimum absolute atomic E-state index is 0.0164. The predicted molar refractivity (Wildman–Crippen MR) is 133 cm³/mol. The molecule has 33 heavy (non-hydrogen) atoms.